The van der Waals surface area contributed by atoms with Gasteiger partial charge in [0.2, 0.25) is 0 Å². The van der Waals surface area contributed by atoms with Crippen LogP contribution in [0.1, 0.15) is 44.1 Å². The van der Waals surface area contributed by atoms with E-state index in [1.165, 1.54) is 44.2 Å². The molecule has 4 saturated carbocycles. The van der Waals surface area contributed by atoms with Crippen molar-refractivity contribution in [3.63, 3.8) is 0 Å². The molecule has 1 aromatic rings. The highest BCUT2D eigenvalue weighted by atomic mass is 35.5. The summed E-state index contributed by atoms with van der Waals surface area (Å²) in [5.74, 6) is 1.59. The molecule has 5 heteroatoms. The molecular formula is C18H21ClN2O2. The van der Waals surface area contributed by atoms with Crippen molar-refractivity contribution >= 4 is 23.5 Å². The molecule has 0 saturated heterocycles. The van der Waals surface area contributed by atoms with E-state index in [0.717, 1.165) is 30.4 Å². The number of hydrogen-bond acceptors (Lipinski definition) is 3. The lowest BCUT2D eigenvalue weighted by Gasteiger charge is -2.59. The van der Waals surface area contributed by atoms with Gasteiger partial charge in [-0.2, -0.15) is 0 Å². The zero-order chi connectivity index (χ0) is 16.1. The number of nitro groups is 1. The third kappa shape index (κ3) is 2.89. The van der Waals surface area contributed by atoms with Crippen LogP contribution < -0.4 is 0 Å². The molecular weight excluding hydrogens is 312 g/mol. The van der Waals surface area contributed by atoms with Gasteiger partial charge in [0.25, 0.3) is 5.69 Å². The van der Waals surface area contributed by atoms with Crippen molar-refractivity contribution in [1.29, 1.82) is 0 Å². The molecule has 4 fully saturated rings. The van der Waals surface area contributed by atoms with Gasteiger partial charge in [0, 0.05) is 29.8 Å². The van der Waals surface area contributed by atoms with Crippen molar-refractivity contribution in [3.8, 4) is 0 Å². The molecule has 0 amide bonds. The summed E-state index contributed by atoms with van der Waals surface area (Å²) in [6.45, 7) is 0.839. The second-order valence-electron chi connectivity index (χ2n) is 7.93. The maximum Gasteiger partial charge on any atom is 0.269 e. The summed E-state index contributed by atoms with van der Waals surface area (Å²) in [4.78, 5) is 15.0. The van der Waals surface area contributed by atoms with Gasteiger partial charge >= 0.3 is 0 Å². The molecule has 0 aromatic heterocycles. The fourth-order valence-electron chi connectivity index (χ4n) is 5.55. The van der Waals surface area contributed by atoms with Crippen LogP contribution in [-0.2, 0) is 0 Å². The van der Waals surface area contributed by atoms with Crippen LogP contribution in [0.15, 0.2) is 29.3 Å². The van der Waals surface area contributed by atoms with E-state index in [9.17, 15) is 10.1 Å². The molecule has 4 nitrogen and oxygen atoms in total. The predicted octanol–water partition coefficient (Wildman–Crippen LogP) is 4.59. The van der Waals surface area contributed by atoms with Gasteiger partial charge < -0.3 is 0 Å². The van der Waals surface area contributed by atoms with E-state index < -0.39 is 0 Å². The lowest BCUT2D eigenvalue weighted by atomic mass is 9.49. The first-order valence-corrected chi connectivity index (χ1v) is 8.76. The highest BCUT2D eigenvalue weighted by Gasteiger charge is 2.56. The first-order chi connectivity index (χ1) is 11.0. The summed E-state index contributed by atoms with van der Waals surface area (Å²) in [7, 11) is 0. The number of benzene rings is 1. The summed E-state index contributed by atoms with van der Waals surface area (Å²) in [5.41, 5.74) is 1.33. The Hall–Kier alpha value is -1.42. The average molecular weight is 333 g/mol. The summed E-state index contributed by atoms with van der Waals surface area (Å²) < 4.78 is 0. The maximum absolute atomic E-state index is 10.7. The molecule has 2 atom stereocenters. The Bertz CT molecular complexity index is 641. The van der Waals surface area contributed by atoms with Crippen LogP contribution in [-0.4, -0.2) is 22.6 Å². The van der Waals surface area contributed by atoms with Gasteiger partial charge in [-0.05, 0) is 73.5 Å². The van der Waals surface area contributed by atoms with Gasteiger partial charge in [-0.1, -0.05) is 0 Å². The van der Waals surface area contributed by atoms with E-state index in [1.807, 2.05) is 6.21 Å². The molecule has 0 aliphatic heterocycles. The van der Waals surface area contributed by atoms with Gasteiger partial charge in [0.05, 0.1) is 4.92 Å². The largest absolute Gasteiger partial charge is 0.292 e. The summed E-state index contributed by atoms with van der Waals surface area (Å²) >= 11 is 6.85. The Labute approximate surface area is 141 Å². The van der Waals surface area contributed by atoms with Crippen LogP contribution in [0.3, 0.4) is 0 Å². The van der Waals surface area contributed by atoms with Crippen molar-refractivity contribution < 1.29 is 4.92 Å². The number of hydrogen-bond donors (Lipinski definition) is 0. The second-order valence-corrected chi connectivity index (χ2v) is 8.73. The number of aliphatic imine (C=N–C) groups is 1. The smallest absolute Gasteiger partial charge is 0.269 e. The molecule has 4 aliphatic rings. The molecule has 0 N–H and O–H groups in total. The van der Waals surface area contributed by atoms with Crippen molar-refractivity contribution in [2.75, 3.05) is 6.54 Å². The quantitative estimate of drug-likeness (QED) is 0.350. The molecule has 1 aromatic carbocycles. The second kappa shape index (κ2) is 5.30. The first kappa shape index (κ1) is 15.1. The van der Waals surface area contributed by atoms with Gasteiger partial charge in [0.1, 0.15) is 0 Å². The molecule has 5 rings (SSSR count). The molecule has 0 heterocycles. The minimum absolute atomic E-state index is 0.0347. The Balaban J connectivity index is 1.45. The monoisotopic (exact) mass is 332 g/mol. The molecule has 0 spiro atoms. The number of non-ortho nitro benzene ring substituents is 1. The van der Waals surface area contributed by atoms with E-state index in [1.54, 1.807) is 12.1 Å². The number of alkyl halides is 1. The molecule has 4 aliphatic carbocycles. The first-order valence-electron chi connectivity index (χ1n) is 8.39. The van der Waals surface area contributed by atoms with Gasteiger partial charge in [-0.25, -0.2) is 0 Å². The average Bonchev–Trinajstić information content (AvgIpc) is 2.45. The van der Waals surface area contributed by atoms with E-state index in [2.05, 4.69) is 4.99 Å². The summed E-state index contributed by atoms with van der Waals surface area (Å²) in [6, 6.07) is 6.56. The fraction of sp³-hybridized carbons (Fsp3) is 0.611. The standard InChI is InChI=1S/C18H21ClN2O2/c19-18-8-14-5-15(9-18)7-17(6-14,11-18)12-20-10-13-1-3-16(4-2-13)21(22)23/h1-4,10,14-15H,5-9,11-12H2/t14-,15-,17?,18?/m0/s1. The lowest BCUT2D eigenvalue weighted by molar-refractivity contribution is -0.384. The highest BCUT2D eigenvalue weighted by molar-refractivity contribution is 6.24. The Morgan fingerprint density at radius 3 is 2.43 bits per heavy atom. The number of halogens is 1. The maximum atomic E-state index is 10.7. The highest BCUT2D eigenvalue weighted by Crippen LogP contribution is 2.63. The molecule has 23 heavy (non-hydrogen) atoms. The predicted molar refractivity (Wildman–Crippen MR) is 91.3 cm³/mol. The van der Waals surface area contributed by atoms with Crippen LogP contribution in [0.4, 0.5) is 5.69 Å². The molecule has 122 valence electrons. The zero-order valence-electron chi connectivity index (χ0n) is 13.1. The Morgan fingerprint density at radius 1 is 1.22 bits per heavy atom. The SMILES string of the molecule is O=[N+]([O-])c1ccc(C=NCC23C[C@@H]4C[C@H](CC(Cl)(C4)C2)C3)cc1. The van der Waals surface area contributed by atoms with E-state index >= 15 is 0 Å². The van der Waals surface area contributed by atoms with Crippen LogP contribution in [0, 0.1) is 27.4 Å². The third-order valence-corrected chi connectivity index (χ3v) is 6.32. The van der Waals surface area contributed by atoms with Gasteiger partial charge in [0.15, 0.2) is 0 Å². The molecule has 0 radical (unpaired) electrons. The number of nitro benzene ring substituents is 1. The Morgan fingerprint density at radius 2 is 1.87 bits per heavy atom. The van der Waals surface area contributed by atoms with Crippen molar-refractivity contribution in [2.24, 2.45) is 22.2 Å². The van der Waals surface area contributed by atoms with E-state index in [-0.39, 0.29) is 15.5 Å². The zero-order valence-corrected chi connectivity index (χ0v) is 13.8. The van der Waals surface area contributed by atoms with Crippen molar-refractivity contribution in [2.45, 2.75) is 43.4 Å². The normalized spacial score (nSPS) is 38.3. The number of rotatable bonds is 4. The summed E-state index contributed by atoms with van der Waals surface area (Å²) in [6.07, 6.45) is 9.25. The topological polar surface area (TPSA) is 55.5 Å². The van der Waals surface area contributed by atoms with Crippen molar-refractivity contribution in [1.82, 2.24) is 0 Å². The van der Waals surface area contributed by atoms with Crippen LogP contribution in [0.25, 0.3) is 0 Å². The van der Waals surface area contributed by atoms with Crippen LogP contribution in [0.2, 0.25) is 0 Å². The minimum Gasteiger partial charge on any atom is -0.292 e. The number of nitrogens with zero attached hydrogens (tertiary/aromatic N) is 2. The lowest BCUT2D eigenvalue weighted by Crippen LogP contribution is -2.54. The van der Waals surface area contributed by atoms with E-state index in [4.69, 9.17) is 11.6 Å². The molecule has 0 unspecified atom stereocenters. The molecule has 4 bridgehead atoms. The fourth-order valence-corrected chi connectivity index (χ4v) is 6.27. The van der Waals surface area contributed by atoms with E-state index in [0.29, 0.717) is 5.41 Å². The Kier molecular flexibility index (Phi) is 3.49. The van der Waals surface area contributed by atoms with Crippen LogP contribution >= 0.6 is 11.6 Å². The third-order valence-electron chi connectivity index (χ3n) is 5.88. The van der Waals surface area contributed by atoms with Crippen LogP contribution in [0.5, 0.6) is 0 Å². The van der Waals surface area contributed by atoms with Gasteiger partial charge in [-0.15, -0.1) is 11.6 Å². The minimum atomic E-state index is -0.379. The summed E-state index contributed by atoms with van der Waals surface area (Å²) in [5, 5.41) is 10.7. The van der Waals surface area contributed by atoms with Gasteiger partial charge in [-0.3, -0.25) is 15.1 Å². The van der Waals surface area contributed by atoms with Crippen molar-refractivity contribution in [3.05, 3.63) is 39.9 Å².